The summed E-state index contributed by atoms with van der Waals surface area (Å²) < 4.78 is 36.7. The predicted molar refractivity (Wildman–Crippen MR) is 193 cm³/mol. The zero-order valence-corrected chi connectivity index (χ0v) is 29.0. The van der Waals surface area contributed by atoms with Crippen molar-refractivity contribution in [2.45, 2.75) is 80.7 Å². The Kier molecular flexibility index (Phi) is 9.01. The smallest absolute Gasteiger partial charge is 0.335 e. The lowest BCUT2D eigenvalue weighted by Gasteiger charge is -2.41. The van der Waals surface area contributed by atoms with E-state index in [0.717, 1.165) is 47.9 Å². The molecule has 0 radical (unpaired) electrons. The number of benzene rings is 5. The minimum Gasteiger partial charge on any atom is -0.341 e. The van der Waals surface area contributed by atoms with E-state index in [1.165, 1.54) is 5.56 Å². The van der Waals surface area contributed by atoms with Gasteiger partial charge in [0.05, 0.1) is 6.10 Å². The monoisotopic (exact) mass is 670 g/mol. The van der Waals surface area contributed by atoms with Crippen LogP contribution in [0.4, 0.5) is 0 Å². The van der Waals surface area contributed by atoms with E-state index >= 15 is 0 Å². The Bertz CT molecular complexity index is 1620. The Hall–Kier alpha value is -3.67. The van der Waals surface area contributed by atoms with Crippen LogP contribution in [0.15, 0.2) is 152 Å². The molecule has 1 saturated carbocycles. The van der Waals surface area contributed by atoms with Gasteiger partial charge in [0.15, 0.2) is 17.0 Å². The second-order valence-electron chi connectivity index (χ2n) is 13.8. The van der Waals surface area contributed by atoms with Crippen molar-refractivity contribution in [3.8, 4) is 0 Å². The molecule has 2 saturated heterocycles. The summed E-state index contributed by atoms with van der Waals surface area (Å²) in [6.45, 7) is 3.96. The molecule has 3 fully saturated rings. The molecule has 3 aliphatic rings. The number of rotatable bonds is 7. The summed E-state index contributed by atoms with van der Waals surface area (Å²) in [6, 6.07) is 52.3. The van der Waals surface area contributed by atoms with Gasteiger partial charge in [0.2, 0.25) is 0 Å². The fraction of sp³-hybridized carbons (Fsp3) is 0.302. The van der Waals surface area contributed by atoms with Crippen LogP contribution < -0.4 is 0 Å². The SMILES string of the molecule is CC1(C)O[C@@H]2[C@@H](O1)C(c1ccccc1)(c1ccccc1)OP(O[C@H]1CCCC[C@@H]1c1ccccc1)OC2(c1ccccc1)c1ccccc1. The van der Waals surface area contributed by atoms with Crippen LogP contribution in [-0.2, 0) is 34.2 Å². The van der Waals surface area contributed by atoms with Crippen LogP contribution in [0.3, 0.4) is 0 Å². The van der Waals surface area contributed by atoms with Crippen LogP contribution in [0.1, 0.15) is 73.3 Å². The molecule has 5 nitrogen and oxygen atoms in total. The first-order chi connectivity index (χ1) is 24.0. The largest absolute Gasteiger partial charge is 0.341 e. The molecular formula is C43H43O5P. The maximum Gasteiger partial charge on any atom is 0.335 e. The summed E-state index contributed by atoms with van der Waals surface area (Å²) in [4.78, 5) is 0. The fourth-order valence-corrected chi connectivity index (χ4v) is 9.81. The second-order valence-corrected chi connectivity index (χ2v) is 14.8. The zero-order chi connectivity index (χ0) is 33.3. The molecule has 1 aliphatic carbocycles. The molecular weight excluding hydrogens is 627 g/mol. The second kappa shape index (κ2) is 13.6. The van der Waals surface area contributed by atoms with E-state index in [2.05, 4.69) is 127 Å². The maximum atomic E-state index is 7.58. The van der Waals surface area contributed by atoms with Gasteiger partial charge in [0.1, 0.15) is 12.2 Å². The highest BCUT2D eigenvalue weighted by Gasteiger charge is 2.67. The van der Waals surface area contributed by atoms with Gasteiger partial charge in [-0.3, -0.25) is 9.05 Å². The first-order valence-corrected chi connectivity index (χ1v) is 18.6. The van der Waals surface area contributed by atoms with Gasteiger partial charge < -0.3 is 14.0 Å². The molecule has 0 spiro atoms. The van der Waals surface area contributed by atoms with E-state index in [9.17, 15) is 0 Å². The van der Waals surface area contributed by atoms with Crippen molar-refractivity contribution in [3.05, 3.63) is 179 Å². The van der Waals surface area contributed by atoms with Gasteiger partial charge in [-0.15, -0.1) is 0 Å². The Labute approximate surface area is 291 Å². The van der Waals surface area contributed by atoms with E-state index < -0.39 is 37.8 Å². The molecule has 0 bridgehead atoms. The van der Waals surface area contributed by atoms with E-state index in [-0.39, 0.29) is 12.0 Å². The standard InChI is InChI=1S/C43H43O5P/c1-41(2)44-39-40(45-41)43(35-26-14-6-15-27-35,36-28-16-7-17-29-36)48-49(46-38-31-19-18-30-37(38)32-20-8-3-9-21-32)47-42(39,33-22-10-4-11-23-33)34-24-12-5-13-25-34/h3-17,20-29,37-40H,18-19,30-31H2,1-2H3/t37-,38+,39-,40-/m1/s1. The minimum absolute atomic E-state index is 0.0908. The van der Waals surface area contributed by atoms with E-state index in [1.54, 1.807) is 0 Å². The van der Waals surface area contributed by atoms with Gasteiger partial charge in [-0.2, -0.15) is 0 Å². The van der Waals surface area contributed by atoms with Crippen LogP contribution in [0, 0.1) is 0 Å². The van der Waals surface area contributed by atoms with Gasteiger partial charge in [-0.1, -0.05) is 165 Å². The van der Waals surface area contributed by atoms with Crippen molar-refractivity contribution in [3.63, 3.8) is 0 Å². The number of hydrogen-bond donors (Lipinski definition) is 0. The quantitative estimate of drug-likeness (QED) is 0.161. The topological polar surface area (TPSA) is 46.2 Å². The summed E-state index contributed by atoms with van der Waals surface area (Å²) in [6.07, 6.45) is 2.89. The maximum absolute atomic E-state index is 7.58. The summed E-state index contributed by atoms with van der Waals surface area (Å²) >= 11 is 0. The molecule has 2 aliphatic heterocycles. The van der Waals surface area contributed by atoms with Crippen LogP contribution in [0.2, 0.25) is 0 Å². The summed E-state index contributed by atoms with van der Waals surface area (Å²) in [5, 5.41) is 0. The highest BCUT2D eigenvalue weighted by Crippen LogP contribution is 2.66. The van der Waals surface area contributed by atoms with Gasteiger partial charge in [-0.25, -0.2) is 0 Å². The lowest BCUT2D eigenvalue weighted by molar-refractivity contribution is -0.177. The Morgan fingerprint density at radius 1 is 0.510 bits per heavy atom. The first-order valence-electron chi connectivity index (χ1n) is 17.5. The summed E-state index contributed by atoms with van der Waals surface area (Å²) in [5.74, 6) is -0.710. The highest BCUT2D eigenvalue weighted by atomic mass is 31.2. The van der Waals surface area contributed by atoms with Gasteiger partial charge in [0, 0.05) is 5.92 Å². The van der Waals surface area contributed by atoms with Gasteiger partial charge >= 0.3 is 8.60 Å². The van der Waals surface area contributed by atoms with Crippen LogP contribution in [0.5, 0.6) is 0 Å². The molecule has 5 aromatic rings. The Morgan fingerprint density at radius 2 is 0.878 bits per heavy atom. The van der Waals surface area contributed by atoms with Gasteiger partial charge in [0.25, 0.3) is 0 Å². The average Bonchev–Trinajstić information content (AvgIpc) is 3.44. The molecule has 2 heterocycles. The molecule has 0 N–H and O–H groups in total. The lowest BCUT2D eigenvalue weighted by Crippen LogP contribution is -2.53. The normalized spacial score (nSPS) is 26.0. The third kappa shape index (κ3) is 5.97. The summed E-state index contributed by atoms with van der Waals surface area (Å²) in [7, 11) is -2.02. The van der Waals surface area contributed by atoms with E-state index in [0.29, 0.717) is 0 Å². The third-order valence-electron chi connectivity index (χ3n) is 10.3. The molecule has 4 atom stereocenters. The highest BCUT2D eigenvalue weighted by molar-refractivity contribution is 7.41. The first kappa shape index (κ1) is 32.5. The van der Waals surface area contributed by atoms with Gasteiger partial charge in [-0.05, 0) is 54.5 Å². The Balaban J connectivity index is 1.38. The van der Waals surface area contributed by atoms with E-state index in [1.807, 2.05) is 38.1 Å². The van der Waals surface area contributed by atoms with Crippen LogP contribution in [-0.4, -0.2) is 24.1 Å². The minimum atomic E-state index is -2.02. The Morgan fingerprint density at radius 3 is 1.29 bits per heavy atom. The molecule has 250 valence electrons. The molecule has 49 heavy (non-hydrogen) atoms. The predicted octanol–water partition coefficient (Wildman–Crippen LogP) is 10.4. The number of fused-ring (bicyclic) bond motifs is 1. The van der Waals surface area contributed by atoms with Crippen molar-refractivity contribution in [2.24, 2.45) is 0 Å². The number of ether oxygens (including phenoxy) is 2. The van der Waals surface area contributed by atoms with Crippen LogP contribution >= 0.6 is 8.60 Å². The fourth-order valence-electron chi connectivity index (χ4n) is 8.12. The molecule has 0 unspecified atom stereocenters. The molecule has 0 amide bonds. The van der Waals surface area contributed by atoms with E-state index in [4.69, 9.17) is 23.0 Å². The van der Waals surface area contributed by atoms with Crippen molar-refractivity contribution in [1.29, 1.82) is 0 Å². The lowest BCUT2D eigenvalue weighted by atomic mass is 9.72. The van der Waals surface area contributed by atoms with Crippen molar-refractivity contribution < 1.29 is 23.0 Å². The average molecular weight is 671 g/mol. The number of hydrogen-bond acceptors (Lipinski definition) is 5. The molecule has 5 aromatic carbocycles. The molecule has 0 aromatic heterocycles. The zero-order valence-electron chi connectivity index (χ0n) is 28.1. The van der Waals surface area contributed by atoms with Crippen molar-refractivity contribution in [1.82, 2.24) is 0 Å². The molecule has 6 heteroatoms. The third-order valence-corrected chi connectivity index (χ3v) is 11.6. The van der Waals surface area contributed by atoms with Crippen LogP contribution in [0.25, 0.3) is 0 Å². The van der Waals surface area contributed by atoms with Crippen molar-refractivity contribution in [2.75, 3.05) is 0 Å². The summed E-state index contributed by atoms with van der Waals surface area (Å²) in [5.41, 5.74) is 2.85. The van der Waals surface area contributed by atoms with Crippen molar-refractivity contribution >= 4 is 8.60 Å². The molecule has 8 rings (SSSR count).